The lowest BCUT2D eigenvalue weighted by Gasteiger charge is -2.26. The van der Waals surface area contributed by atoms with E-state index in [-0.39, 0.29) is 38.0 Å². The van der Waals surface area contributed by atoms with Crippen molar-refractivity contribution in [2.24, 2.45) is 23.1 Å². The van der Waals surface area contributed by atoms with Crippen LogP contribution in [0.1, 0.15) is 63.5 Å². The second kappa shape index (κ2) is 30.2. The molecule has 66 heavy (non-hydrogen) atoms. The Morgan fingerprint density at radius 3 is 1.61 bits per heavy atom. The number of carbonyl (C=O) groups is 9. The number of hydrogen-bond acceptors (Lipinski definition) is 13. The largest absolute Gasteiger partial charge is 0.481 e. The van der Waals surface area contributed by atoms with Gasteiger partial charge in [0.05, 0.1) is 25.6 Å². The number of aliphatic carboxylic acids is 1. The van der Waals surface area contributed by atoms with E-state index in [1.807, 2.05) is 20.1 Å². The molecule has 0 aromatic heterocycles. The zero-order chi connectivity index (χ0) is 49.2. The van der Waals surface area contributed by atoms with Crippen LogP contribution in [-0.4, -0.2) is 137 Å². The zero-order valence-electron chi connectivity index (χ0n) is 37.6. The molecule has 0 radical (unpaired) electrons. The maximum absolute atomic E-state index is 14.1. The molecule has 8 amide bonds. The minimum atomic E-state index is -1.74. The molecule has 0 aliphatic carbocycles. The average Bonchev–Trinajstić information content (AvgIpc) is 3.27. The van der Waals surface area contributed by atoms with Crippen molar-refractivity contribution in [2.75, 3.05) is 31.7 Å². The smallest absolute Gasteiger partial charge is 0.305 e. The zero-order valence-corrected chi connectivity index (χ0v) is 38.4. The summed E-state index contributed by atoms with van der Waals surface area (Å²) in [5.74, 6) is -7.73. The van der Waals surface area contributed by atoms with Crippen LogP contribution < -0.4 is 54.4 Å². The summed E-state index contributed by atoms with van der Waals surface area (Å²) >= 11 is 1.47. The Morgan fingerprint density at radius 2 is 1.11 bits per heavy atom. The van der Waals surface area contributed by atoms with Crippen LogP contribution in [0.2, 0.25) is 0 Å². The van der Waals surface area contributed by atoms with Crippen molar-refractivity contribution in [1.82, 2.24) is 37.2 Å². The summed E-state index contributed by atoms with van der Waals surface area (Å²) < 4.78 is 0. The van der Waals surface area contributed by atoms with Crippen molar-refractivity contribution >= 4 is 65.0 Å². The molecule has 7 atom stereocenters. The maximum atomic E-state index is 14.1. The summed E-state index contributed by atoms with van der Waals surface area (Å²) in [6, 6.07) is 7.75. The molecule has 364 valence electrons. The Morgan fingerprint density at radius 1 is 0.621 bits per heavy atom. The monoisotopic (exact) mass is 942 g/mol. The van der Waals surface area contributed by atoms with E-state index in [9.17, 15) is 53.4 Å². The van der Waals surface area contributed by atoms with E-state index in [4.69, 9.17) is 17.2 Å². The van der Waals surface area contributed by atoms with Crippen molar-refractivity contribution < 1.29 is 53.4 Å². The Kier molecular flexibility index (Phi) is 25.6. The number of aliphatic hydroxyl groups is 1. The SMILES string of the molecule is CSCC[C@H](NC(=O)[C@H](CC(C)C)NC(=O)CNC(=O)[C@H](Cc1ccccc1)NC(=O)[C@H](Cc1ccccc1)NC(=O)[C@H](CO)NC(=O)[C@H](CC(=O)O)NC(=O)[C@@H](N)CCCCN)C(N)=O. The van der Waals surface area contributed by atoms with Crippen molar-refractivity contribution in [2.45, 2.75) is 108 Å². The molecule has 0 saturated heterocycles. The van der Waals surface area contributed by atoms with Gasteiger partial charge in [-0.25, -0.2) is 0 Å². The molecule has 0 saturated carbocycles. The van der Waals surface area contributed by atoms with Gasteiger partial charge in [-0.2, -0.15) is 11.8 Å². The van der Waals surface area contributed by atoms with E-state index in [2.05, 4.69) is 37.2 Å². The van der Waals surface area contributed by atoms with E-state index in [1.165, 1.54) is 11.8 Å². The first-order valence-electron chi connectivity index (χ1n) is 21.6. The predicted octanol–water partition coefficient (Wildman–Crippen LogP) is -2.30. The molecule has 2 aromatic rings. The molecule has 0 unspecified atom stereocenters. The standard InChI is InChI=1S/C44H66N10O11S/c1-26(2)20-31(41(62)50-30(38(47)59)17-19-66-3)49-36(56)24-48-40(61)32(21-27-12-6-4-7-13-27)52-42(63)33(22-28-14-8-5-9-15-28)53-44(65)35(25-55)54-43(64)34(23-37(57)58)51-39(60)29(46)16-10-11-18-45/h4-9,12-15,26,29-35,55H,10-11,16-25,45-46H2,1-3H3,(H2,47,59)(H,48,61)(H,49,56)(H,50,62)(H,51,60)(H,52,63)(H,53,65)(H,54,64)(H,57,58)/t29-,30-,31-,32-,33-,34-,35-/m0/s1. The predicted molar refractivity (Wildman–Crippen MR) is 247 cm³/mol. The van der Waals surface area contributed by atoms with Gasteiger partial charge in [0.2, 0.25) is 47.3 Å². The lowest BCUT2D eigenvalue weighted by molar-refractivity contribution is -0.141. The first kappa shape index (κ1) is 56.0. The molecular formula is C44H66N10O11S. The molecule has 0 heterocycles. The van der Waals surface area contributed by atoms with Crippen LogP contribution in [0.4, 0.5) is 0 Å². The number of unbranched alkanes of at least 4 members (excludes halogenated alkanes) is 1. The van der Waals surface area contributed by atoms with Crippen LogP contribution in [0.3, 0.4) is 0 Å². The lowest BCUT2D eigenvalue weighted by atomic mass is 10.0. The fourth-order valence-corrected chi connectivity index (χ4v) is 6.94. The number of nitrogens with two attached hydrogens (primary N) is 3. The third kappa shape index (κ3) is 21.3. The van der Waals surface area contributed by atoms with E-state index in [1.54, 1.807) is 60.7 Å². The number of benzene rings is 2. The van der Waals surface area contributed by atoms with Gasteiger partial charge in [-0.3, -0.25) is 43.2 Å². The molecule has 2 rings (SSSR count). The Hall–Kier alpha value is -6.10. The Balaban J connectivity index is 2.31. The van der Waals surface area contributed by atoms with Gasteiger partial charge in [-0.15, -0.1) is 0 Å². The van der Waals surface area contributed by atoms with Gasteiger partial charge >= 0.3 is 5.97 Å². The molecule has 21 nitrogen and oxygen atoms in total. The molecule has 22 heteroatoms. The first-order chi connectivity index (χ1) is 31.4. The highest BCUT2D eigenvalue weighted by atomic mass is 32.2. The first-order valence-corrected chi connectivity index (χ1v) is 23.0. The summed E-state index contributed by atoms with van der Waals surface area (Å²) in [5, 5.41) is 37.0. The van der Waals surface area contributed by atoms with Gasteiger partial charge in [0.25, 0.3) is 0 Å². The van der Waals surface area contributed by atoms with Gasteiger partial charge in [0.1, 0.15) is 36.3 Å². The van der Waals surface area contributed by atoms with E-state index < -0.39 is 115 Å². The Bertz CT molecular complexity index is 1910. The molecule has 0 spiro atoms. The van der Waals surface area contributed by atoms with E-state index >= 15 is 0 Å². The summed E-state index contributed by atoms with van der Waals surface area (Å²) in [7, 11) is 0. The number of carboxylic acid groups (broad SMARTS) is 1. The number of amides is 8. The summed E-state index contributed by atoms with van der Waals surface area (Å²) in [4.78, 5) is 118. The van der Waals surface area contributed by atoms with E-state index in [0.717, 1.165) is 0 Å². The maximum Gasteiger partial charge on any atom is 0.305 e. The highest BCUT2D eigenvalue weighted by Crippen LogP contribution is 2.10. The highest BCUT2D eigenvalue weighted by molar-refractivity contribution is 7.98. The van der Waals surface area contributed by atoms with Gasteiger partial charge < -0.3 is 64.6 Å². The number of primary amides is 1. The molecule has 15 N–H and O–H groups in total. The van der Waals surface area contributed by atoms with Gasteiger partial charge in [0.15, 0.2) is 0 Å². The molecule has 0 aliphatic rings. The summed E-state index contributed by atoms with van der Waals surface area (Å²) in [5.41, 5.74) is 18.1. The quantitative estimate of drug-likeness (QED) is 0.0354. The van der Waals surface area contributed by atoms with Crippen LogP contribution in [0.15, 0.2) is 60.7 Å². The second-order valence-electron chi connectivity index (χ2n) is 16.0. The number of nitrogens with one attached hydrogen (secondary N) is 7. The van der Waals surface area contributed by atoms with Crippen LogP contribution in [-0.2, 0) is 56.0 Å². The van der Waals surface area contributed by atoms with Crippen LogP contribution in [0.5, 0.6) is 0 Å². The van der Waals surface area contributed by atoms with Gasteiger partial charge in [-0.1, -0.05) is 80.9 Å². The minimum absolute atomic E-state index is 0.0599. The molecule has 0 aliphatic heterocycles. The average molecular weight is 943 g/mol. The second-order valence-corrected chi connectivity index (χ2v) is 17.0. The minimum Gasteiger partial charge on any atom is -0.481 e. The third-order valence-corrected chi connectivity index (χ3v) is 10.7. The van der Waals surface area contributed by atoms with Gasteiger partial charge in [0, 0.05) is 12.8 Å². The number of carbonyl (C=O) groups excluding carboxylic acids is 8. The topological polar surface area (TPSA) is 356 Å². The fraction of sp³-hybridized carbons (Fsp3) is 0.523. The van der Waals surface area contributed by atoms with Crippen molar-refractivity contribution in [3.63, 3.8) is 0 Å². The Labute approximate surface area is 388 Å². The van der Waals surface area contributed by atoms with Crippen molar-refractivity contribution in [3.05, 3.63) is 71.8 Å². The number of rotatable bonds is 31. The lowest BCUT2D eigenvalue weighted by Crippen LogP contribution is -2.60. The molecule has 2 aromatic carbocycles. The third-order valence-electron chi connectivity index (χ3n) is 10.0. The van der Waals surface area contributed by atoms with Crippen molar-refractivity contribution in [1.29, 1.82) is 0 Å². The fourth-order valence-electron chi connectivity index (χ4n) is 6.46. The van der Waals surface area contributed by atoms with Crippen LogP contribution in [0, 0.1) is 5.92 Å². The van der Waals surface area contributed by atoms with Gasteiger partial charge in [-0.05, 0) is 61.3 Å². The summed E-state index contributed by atoms with van der Waals surface area (Å²) in [6.07, 6.45) is 2.52. The molecule has 0 fully saturated rings. The number of aliphatic hydroxyl groups excluding tert-OH is 1. The normalized spacial score (nSPS) is 14.2. The highest BCUT2D eigenvalue weighted by Gasteiger charge is 2.33. The van der Waals surface area contributed by atoms with E-state index in [0.29, 0.717) is 36.3 Å². The number of hydrogen-bond donors (Lipinski definition) is 12. The van der Waals surface area contributed by atoms with Crippen LogP contribution >= 0.6 is 11.8 Å². The van der Waals surface area contributed by atoms with Crippen molar-refractivity contribution in [3.8, 4) is 0 Å². The molecule has 0 bridgehead atoms. The number of carboxylic acids is 1. The summed E-state index contributed by atoms with van der Waals surface area (Å²) in [6.45, 7) is 2.42. The number of thioether (sulfide) groups is 1. The molecular weight excluding hydrogens is 877 g/mol. The van der Waals surface area contributed by atoms with Crippen LogP contribution in [0.25, 0.3) is 0 Å².